The summed E-state index contributed by atoms with van der Waals surface area (Å²) in [5, 5.41) is 3.17. The molecule has 0 fully saturated rings. The predicted molar refractivity (Wildman–Crippen MR) is 83.1 cm³/mol. The number of nitrogens with one attached hydrogen (secondary N) is 1. The lowest BCUT2D eigenvalue weighted by atomic mass is 10.1. The fourth-order valence-electron chi connectivity index (χ4n) is 2.01. The molecule has 1 aromatic heterocycles. The van der Waals surface area contributed by atoms with Crippen molar-refractivity contribution in [1.82, 2.24) is 4.98 Å². The van der Waals surface area contributed by atoms with Crippen LogP contribution >= 0.6 is 11.3 Å². The molecule has 0 saturated carbocycles. The Morgan fingerprint density at radius 3 is 2.90 bits per heavy atom. The monoisotopic (exact) mass is 301 g/mol. The number of aryl methyl sites for hydroxylation is 1. The molecule has 1 amide bonds. The smallest absolute Gasteiger partial charge is 0.255 e. The average Bonchev–Trinajstić information content (AvgIpc) is 2.81. The zero-order valence-corrected chi connectivity index (χ0v) is 12.0. The quantitative estimate of drug-likeness (QED) is 0.760. The van der Waals surface area contributed by atoms with E-state index < -0.39 is 0 Å². The number of carbonyl (C=O) groups excluding carboxylic acids is 1. The Bertz CT molecular complexity index is 844. The summed E-state index contributed by atoms with van der Waals surface area (Å²) >= 11 is 1.32. The molecule has 0 atom stereocenters. The van der Waals surface area contributed by atoms with Crippen LogP contribution in [0.3, 0.4) is 0 Å². The van der Waals surface area contributed by atoms with Crippen molar-refractivity contribution >= 4 is 38.3 Å². The third-order valence-electron chi connectivity index (χ3n) is 3.11. The minimum atomic E-state index is -0.387. The number of hydrogen-bond acceptors (Lipinski definition) is 4. The van der Waals surface area contributed by atoms with Crippen LogP contribution < -0.4 is 11.1 Å². The van der Waals surface area contributed by atoms with Crippen LogP contribution in [0, 0.1) is 12.7 Å². The van der Waals surface area contributed by atoms with Crippen molar-refractivity contribution in [2.75, 3.05) is 11.1 Å². The summed E-state index contributed by atoms with van der Waals surface area (Å²) in [4.78, 5) is 16.4. The number of halogens is 1. The van der Waals surface area contributed by atoms with Gasteiger partial charge in [-0.3, -0.25) is 4.79 Å². The third-order valence-corrected chi connectivity index (χ3v) is 3.96. The molecule has 6 heteroatoms. The van der Waals surface area contributed by atoms with E-state index in [1.165, 1.54) is 23.5 Å². The second-order valence-corrected chi connectivity index (χ2v) is 5.71. The molecule has 0 aliphatic carbocycles. The number of nitrogens with two attached hydrogens (primary N) is 1. The highest BCUT2D eigenvalue weighted by Gasteiger charge is 2.10. The highest BCUT2D eigenvalue weighted by atomic mass is 32.1. The first kappa shape index (κ1) is 13.5. The van der Waals surface area contributed by atoms with Gasteiger partial charge in [-0.15, -0.1) is 0 Å². The molecule has 0 aliphatic heterocycles. The maximum atomic E-state index is 13.2. The van der Waals surface area contributed by atoms with Crippen molar-refractivity contribution in [3.63, 3.8) is 0 Å². The largest absolute Gasteiger partial charge is 0.375 e. The van der Waals surface area contributed by atoms with Gasteiger partial charge in [0.15, 0.2) is 5.13 Å². The number of anilines is 2. The second kappa shape index (κ2) is 5.14. The third kappa shape index (κ3) is 2.71. The first-order valence-electron chi connectivity index (χ1n) is 6.26. The first-order chi connectivity index (χ1) is 10.0. The normalized spacial score (nSPS) is 10.8. The lowest BCUT2D eigenvalue weighted by Gasteiger charge is -2.08. The minimum absolute atomic E-state index is 0.294. The van der Waals surface area contributed by atoms with Gasteiger partial charge in [-0.1, -0.05) is 17.4 Å². The van der Waals surface area contributed by atoms with E-state index >= 15 is 0 Å². The predicted octanol–water partition coefficient (Wildman–Crippen LogP) is 3.58. The average molecular weight is 301 g/mol. The molecule has 0 saturated heterocycles. The maximum Gasteiger partial charge on any atom is 0.255 e. The molecule has 2 aromatic carbocycles. The molecular weight excluding hydrogens is 289 g/mol. The molecule has 0 aliphatic rings. The number of hydrogen-bond donors (Lipinski definition) is 2. The lowest BCUT2D eigenvalue weighted by molar-refractivity contribution is 0.102. The van der Waals surface area contributed by atoms with Crippen molar-refractivity contribution in [3.05, 3.63) is 53.3 Å². The van der Waals surface area contributed by atoms with Crippen LogP contribution in [0.15, 0.2) is 36.4 Å². The zero-order chi connectivity index (χ0) is 15.0. The van der Waals surface area contributed by atoms with Gasteiger partial charge in [-0.2, -0.15) is 0 Å². The van der Waals surface area contributed by atoms with Crippen LogP contribution in [-0.2, 0) is 0 Å². The van der Waals surface area contributed by atoms with E-state index in [2.05, 4.69) is 10.3 Å². The van der Waals surface area contributed by atoms with Crippen molar-refractivity contribution in [3.8, 4) is 0 Å². The fraction of sp³-hybridized carbons (Fsp3) is 0.0667. The minimum Gasteiger partial charge on any atom is -0.375 e. The van der Waals surface area contributed by atoms with E-state index in [1.807, 2.05) is 6.92 Å². The fourth-order valence-corrected chi connectivity index (χ4v) is 2.78. The lowest BCUT2D eigenvalue weighted by Crippen LogP contribution is -2.12. The van der Waals surface area contributed by atoms with Gasteiger partial charge in [0.05, 0.1) is 10.2 Å². The Hall–Kier alpha value is -2.47. The van der Waals surface area contributed by atoms with Gasteiger partial charge in [0.1, 0.15) is 5.82 Å². The van der Waals surface area contributed by atoms with Crippen LogP contribution in [0.4, 0.5) is 15.2 Å². The first-order valence-corrected chi connectivity index (χ1v) is 7.08. The van der Waals surface area contributed by atoms with Crippen molar-refractivity contribution in [2.24, 2.45) is 0 Å². The molecule has 0 radical (unpaired) electrons. The van der Waals surface area contributed by atoms with E-state index in [-0.39, 0.29) is 11.7 Å². The molecule has 0 bridgehead atoms. The molecule has 3 rings (SSSR count). The van der Waals surface area contributed by atoms with Crippen LogP contribution in [-0.4, -0.2) is 10.9 Å². The summed E-state index contributed by atoms with van der Waals surface area (Å²) in [6.07, 6.45) is 0. The van der Waals surface area contributed by atoms with E-state index in [4.69, 9.17) is 5.73 Å². The SMILES string of the molecule is Cc1ccc(F)cc1NC(=O)c1ccc2nc(N)sc2c1. The maximum absolute atomic E-state index is 13.2. The van der Waals surface area contributed by atoms with E-state index in [0.717, 1.165) is 15.8 Å². The van der Waals surface area contributed by atoms with E-state index in [0.29, 0.717) is 16.4 Å². The van der Waals surface area contributed by atoms with E-state index in [1.54, 1.807) is 24.3 Å². The molecule has 3 aromatic rings. The molecule has 0 unspecified atom stereocenters. The molecule has 0 spiro atoms. The van der Waals surface area contributed by atoms with Gasteiger partial charge in [-0.05, 0) is 42.8 Å². The van der Waals surface area contributed by atoms with Gasteiger partial charge in [0.25, 0.3) is 5.91 Å². The zero-order valence-electron chi connectivity index (χ0n) is 11.2. The van der Waals surface area contributed by atoms with Gasteiger partial charge < -0.3 is 11.1 Å². The van der Waals surface area contributed by atoms with Crippen LogP contribution in [0.5, 0.6) is 0 Å². The van der Waals surface area contributed by atoms with Crippen LogP contribution in [0.2, 0.25) is 0 Å². The number of aromatic nitrogens is 1. The number of benzene rings is 2. The van der Waals surface area contributed by atoms with Crippen LogP contribution in [0.1, 0.15) is 15.9 Å². The van der Waals surface area contributed by atoms with Gasteiger partial charge in [0.2, 0.25) is 0 Å². The highest BCUT2D eigenvalue weighted by Crippen LogP contribution is 2.25. The number of carbonyl (C=O) groups is 1. The number of fused-ring (bicyclic) bond motifs is 1. The second-order valence-electron chi connectivity index (χ2n) is 4.65. The Labute approximate surface area is 124 Å². The molecule has 106 valence electrons. The van der Waals surface area contributed by atoms with Crippen LogP contribution in [0.25, 0.3) is 10.2 Å². The topological polar surface area (TPSA) is 68.0 Å². The van der Waals surface area contributed by atoms with Gasteiger partial charge in [-0.25, -0.2) is 9.37 Å². The summed E-state index contributed by atoms with van der Waals surface area (Å²) in [5.41, 5.74) is 8.14. The summed E-state index contributed by atoms with van der Waals surface area (Å²) in [7, 11) is 0. The molecule has 3 N–H and O–H groups in total. The Morgan fingerprint density at radius 1 is 1.29 bits per heavy atom. The Kier molecular flexibility index (Phi) is 3.31. The summed E-state index contributed by atoms with van der Waals surface area (Å²) in [6, 6.07) is 9.43. The number of amides is 1. The molecule has 4 nitrogen and oxygen atoms in total. The molecular formula is C15H12FN3OS. The summed E-state index contributed by atoms with van der Waals surface area (Å²) < 4.78 is 14.1. The standard InChI is InChI=1S/C15H12FN3OS/c1-8-2-4-10(16)7-12(8)18-14(20)9-3-5-11-13(6-9)21-15(17)19-11/h2-7H,1H3,(H2,17,19)(H,18,20). The summed E-state index contributed by atoms with van der Waals surface area (Å²) in [5.74, 6) is -0.681. The Balaban J connectivity index is 1.91. The molecule has 1 heterocycles. The van der Waals surface area contributed by atoms with Crippen molar-refractivity contribution in [1.29, 1.82) is 0 Å². The summed E-state index contributed by atoms with van der Waals surface area (Å²) in [6.45, 7) is 1.81. The molecule has 21 heavy (non-hydrogen) atoms. The van der Waals surface area contributed by atoms with Gasteiger partial charge >= 0.3 is 0 Å². The van der Waals surface area contributed by atoms with Crippen molar-refractivity contribution in [2.45, 2.75) is 6.92 Å². The van der Waals surface area contributed by atoms with Gasteiger partial charge in [0, 0.05) is 11.3 Å². The number of nitrogens with zero attached hydrogens (tertiary/aromatic N) is 1. The van der Waals surface area contributed by atoms with Crippen molar-refractivity contribution < 1.29 is 9.18 Å². The number of thiazole rings is 1. The number of nitrogen functional groups attached to an aromatic ring is 1. The highest BCUT2D eigenvalue weighted by molar-refractivity contribution is 7.22. The Morgan fingerprint density at radius 2 is 2.10 bits per heavy atom. The van der Waals surface area contributed by atoms with E-state index in [9.17, 15) is 9.18 Å². The number of rotatable bonds is 2.